The normalized spacial score (nSPS) is 18.0. The van der Waals surface area contributed by atoms with Crippen LogP contribution in [0.25, 0.3) is 0 Å². The molecule has 8 heteroatoms. The highest BCUT2D eigenvalue weighted by Crippen LogP contribution is 2.20. The first-order chi connectivity index (χ1) is 14.5. The van der Waals surface area contributed by atoms with Crippen molar-refractivity contribution >= 4 is 18.0 Å². The molecule has 0 aliphatic carbocycles. The van der Waals surface area contributed by atoms with E-state index in [4.69, 9.17) is 14.2 Å². The molecule has 164 valence electrons. The maximum atomic E-state index is 12.7. The highest BCUT2D eigenvalue weighted by atomic mass is 16.7. The molecule has 3 rings (SSSR count). The molecular formula is C22H30N2O6. The van der Waals surface area contributed by atoms with E-state index >= 15 is 0 Å². The fourth-order valence-corrected chi connectivity index (χ4v) is 3.82. The maximum Gasteiger partial charge on any atom is 0.513 e. The molecule has 8 nitrogen and oxygen atoms in total. The number of nitrogens with zero attached hydrogens (tertiary/aromatic N) is 1. The molecule has 0 bridgehead atoms. The molecule has 0 unspecified atom stereocenters. The number of piperidine rings is 1. The van der Waals surface area contributed by atoms with E-state index in [1.165, 1.54) is 0 Å². The maximum absolute atomic E-state index is 12.7. The average Bonchev–Trinajstić information content (AvgIpc) is 2.75. The third kappa shape index (κ3) is 6.45. The second-order valence-electron chi connectivity index (χ2n) is 7.70. The van der Waals surface area contributed by atoms with Crippen molar-refractivity contribution in [2.24, 2.45) is 5.92 Å². The summed E-state index contributed by atoms with van der Waals surface area (Å²) in [6, 6.07) is 6.54. The third-order valence-electron chi connectivity index (χ3n) is 5.53. The van der Waals surface area contributed by atoms with E-state index in [9.17, 15) is 14.4 Å². The molecule has 2 heterocycles. The summed E-state index contributed by atoms with van der Waals surface area (Å²) in [4.78, 5) is 38.1. The van der Waals surface area contributed by atoms with Gasteiger partial charge in [0.15, 0.2) is 0 Å². The number of benzene rings is 1. The van der Waals surface area contributed by atoms with Gasteiger partial charge in [0.05, 0.1) is 6.61 Å². The fourth-order valence-electron chi connectivity index (χ4n) is 3.82. The molecule has 2 aliphatic rings. The Kier molecular flexibility index (Phi) is 8.07. The van der Waals surface area contributed by atoms with Crippen LogP contribution in [-0.4, -0.2) is 61.8 Å². The predicted molar refractivity (Wildman–Crippen MR) is 109 cm³/mol. The van der Waals surface area contributed by atoms with Crippen LogP contribution in [0, 0.1) is 5.92 Å². The third-order valence-corrected chi connectivity index (χ3v) is 5.53. The number of likely N-dealkylation sites (tertiary alicyclic amines) is 1. The summed E-state index contributed by atoms with van der Waals surface area (Å²) in [5.41, 5.74) is 0.535. The van der Waals surface area contributed by atoms with Gasteiger partial charge >= 0.3 is 6.16 Å². The Hall–Kier alpha value is -2.61. The van der Waals surface area contributed by atoms with Crippen LogP contribution in [0.4, 0.5) is 4.79 Å². The van der Waals surface area contributed by atoms with Crippen molar-refractivity contribution in [3.63, 3.8) is 0 Å². The number of nitrogens with one attached hydrogen (secondary N) is 1. The lowest BCUT2D eigenvalue weighted by Crippen LogP contribution is -2.46. The van der Waals surface area contributed by atoms with Crippen LogP contribution in [0.15, 0.2) is 24.3 Å². The van der Waals surface area contributed by atoms with Gasteiger partial charge in [-0.05, 0) is 62.8 Å². The number of ether oxygens (including phenoxy) is 3. The van der Waals surface area contributed by atoms with E-state index in [2.05, 4.69) is 5.32 Å². The highest BCUT2D eigenvalue weighted by Gasteiger charge is 2.26. The van der Waals surface area contributed by atoms with Gasteiger partial charge in [0.2, 0.25) is 5.91 Å². The molecule has 1 aromatic carbocycles. The van der Waals surface area contributed by atoms with E-state index in [-0.39, 0.29) is 24.5 Å². The summed E-state index contributed by atoms with van der Waals surface area (Å²) in [7, 11) is 0. The monoisotopic (exact) mass is 418 g/mol. The SMILES string of the molecule is CCOC(=O)Oc1ccc(C(=O)N2CCC(NC(=O)CC3CCOCC3)CC2)cc1. The lowest BCUT2D eigenvalue weighted by atomic mass is 9.95. The Labute approximate surface area is 176 Å². The molecule has 2 aliphatic heterocycles. The molecule has 2 amide bonds. The number of carbonyl (C=O) groups is 3. The van der Waals surface area contributed by atoms with Gasteiger partial charge in [0, 0.05) is 44.3 Å². The van der Waals surface area contributed by atoms with Crippen LogP contribution >= 0.6 is 0 Å². The van der Waals surface area contributed by atoms with Crippen molar-refractivity contribution in [2.75, 3.05) is 32.9 Å². The lowest BCUT2D eigenvalue weighted by Gasteiger charge is -2.33. The van der Waals surface area contributed by atoms with Gasteiger partial charge in [-0.15, -0.1) is 0 Å². The van der Waals surface area contributed by atoms with Crippen LogP contribution in [0.3, 0.4) is 0 Å². The smallest absolute Gasteiger partial charge is 0.434 e. The van der Waals surface area contributed by atoms with Gasteiger partial charge in [-0.25, -0.2) is 4.79 Å². The topological polar surface area (TPSA) is 94.2 Å². The number of carbonyl (C=O) groups excluding carboxylic acids is 3. The van der Waals surface area contributed by atoms with Crippen LogP contribution in [0.2, 0.25) is 0 Å². The predicted octanol–water partition coefficient (Wildman–Crippen LogP) is 2.76. The molecule has 2 fully saturated rings. The van der Waals surface area contributed by atoms with Crippen molar-refractivity contribution in [3.05, 3.63) is 29.8 Å². The Morgan fingerprint density at radius 1 is 1.07 bits per heavy atom. The molecule has 1 aromatic rings. The van der Waals surface area contributed by atoms with Crippen LogP contribution in [0.1, 0.15) is 49.4 Å². The van der Waals surface area contributed by atoms with Gasteiger partial charge in [-0.2, -0.15) is 0 Å². The minimum absolute atomic E-state index is 0.0651. The van der Waals surface area contributed by atoms with Crippen molar-refractivity contribution in [3.8, 4) is 5.75 Å². The van der Waals surface area contributed by atoms with Gasteiger partial charge < -0.3 is 24.4 Å². The van der Waals surface area contributed by atoms with Crippen molar-refractivity contribution in [1.29, 1.82) is 0 Å². The lowest BCUT2D eigenvalue weighted by molar-refractivity contribution is -0.123. The van der Waals surface area contributed by atoms with Crippen molar-refractivity contribution < 1.29 is 28.6 Å². The minimum atomic E-state index is -0.766. The number of hydrogen-bond acceptors (Lipinski definition) is 6. The quantitative estimate of drug-likeness (QED) is 0.564. The van der Waals surface area contributed by atoms with Gasteiger partial charge in [-0.1, -0.05) is 0 Å². The van der Waals surface area contributed by atoms with Crippen molar-refractivity contribution in [1.82, 2.24) is 10.2 Å². The Bertz CT molecular complexity index is 722. The van der Waals surface area contributed by atoms with Gasteiger partial charge in [0.1, 0.15) is 5.75 Å². The Morgan fingerprint density at radius 2 is 1.73 bits per heavy atom. The molecular weight excluding hydrogens is 388 g/mol. The summed E-state index contributed by atoms with van der Waals surface area (Å²) in [5, 5.41) is 3.12. The molecule has 0 spiro atoms. The molecule has 30 heavy (non-hydrogen) atoms. The summed E-state index contributed by atoms with van der Waals surface area (Å²) in [6.07, 6.45) is 3.18. The second kappa shape index (κ2) is 11.0. The zero-order valence-electron chi connectivity index (χ0n) is 17.4. The van der Waals surface area contributed by atoms with Crippen LogP contribution < -0.4 is 10.1 Å². The standard InChI is InChI=1S/C22H30N2O6/c1-2-29-22(27)30-19-5-3-17(4-6-19)21(26)24-11-7-18(8-12-24)23-20(25)15-16-9-13-28-14-10-16/h3-6,16,18H,2,7-15H2,1H3,(H,23,25). The molecule has 0 atom stereocenters. The van der Waals surface area contributed by atoms with Gasteiger partial charge in [-0.3, -0.25) is 9.59 Å². The first kappa shape index (κ1) is 22.1. The second-order valence-corrected chi connectivity index (χ2v) is 7.70. The molecule has 1 N–H and O–H groups in total. The Balaban J connectivity index is 1.42. The Morgan fingerprint density at radius 3 is 2.37 bits per heavy atom. The minimum Gasteiger partial charge on any atom is -0.434 e. The van der Waals surface area contributed by atoms with Crippen molar-refractivity contribution in [2.45, 2.75) is 45.1 Å². The van der Waals surface area contributed by atoms with Gasteiger partial charge in [0.25, 0.3) is 5.91 Å². The number of amides is 2. The first-order valence-electron chi connectivity index (χ1n) is 10.7. The van der Waals surface area contributed by atoms with E-state index in [0.717, 1.165) is 38.9 Å². The summed E-state index contributed by atoms with van der Waals surface area (Å²) in [6.45, 7) is 4.62. The summed E-state index contributed by atoms with van der Waals surface area (Å²) in [5.74, 6) is 0.778. The van der Waals surface area contributed by atoms with E-state index in [1.807, 2.05) is 0 Å². The van der Waals surface area contributed by atoms with Crippen LogP contribution in [0.5, 0.6) is 5.75 Å². The van der Waals surface area contributed by atoms with E-state index in [0.29, 0.717) is 36.7 Å². The average molecular weight is 418 g/mol. The molecule has 2 saturated heterocycles. The van der Waals surface area contributed by atoms with E-state index in [1.54, 1.807) is 36.1 Å². The first-order valence-corrected chi connectivity index (χ1v) is 10.7. The number of hydrogen-bond donors (Lipinski definition) is 1. The zero-order chi connectivity index (χ0) is 21.3. The number of rotatable bonds is 6. The van der Waals surface area contributed by atoms with E-state index < -0.39 is 6.16 Å². The summed E-state index contributed by atoms with van der Waals surface area (Å²) >= 11 is 0. The highest BCUT2D eigenvalue weighted by molar-refractivity contribution is 5.94. The molecule has 0 radical (unpaired) electrons. The fraction of sp³-hybridized carbons (Fsp3) is 0.591. The van der Waals surface area contributed by atoms with Crippen LogP contribution in [-0.2, 0) is 14.3 Å². The molecule has 0 saturated carbocycles. The molecule has 0 aromatic heterocycles. The summed E-state index contributed by atoms with van der Waals surface area (Å²) < 4.78 is 15.1. The largest absolute Gasteiger partial charge is 0.513 e. The zero-order valence-corrected chi connectivity index (χ0v) is 17.4.